The molecule has 2 aromatic rings. The second kappa shape index (κ2) is 7.24. The van der Waals surface area contributed by atoms with E-state index in [4.69, 9.17) is 18.9 Å². The van der Waals surface area contributed by atoms with Crippen molar-refractivity contribution in [2.45, 2.75) is 18.9 Å². The molecule has 2 aromatic carbocycles. The number of nitrogens with one attached hydrogen (secondary N) is 1. The molecular formula is C21H22N2O5. The lowest BCUT2D eigenvalue weighted by molar-refractivity contribution is -0.117. The Labute approximate surface area is 163 Å². The van der Waals surface area contributed by atoms with E-state index in [0.717, 1.165) is 36.4 Å². The Morgan fingerprint density at radius 2 is 1.71 bits per heavy atom. The van der Waals surface area contributed by atoms with Gasteiger partial charge in [-0.05, 0) is 49.2 Å². The number of ether oxygens (including phenoxy) is 4. The number of hydrogen-bond donors (Lipinski definition) is 1. The molecule has 0 aliphatic carbocycles. The average Bonchev–Trinajstić information content (AvgIpc) is 3.36. The quantitative estimate of drug-likeness (QED) is 0.877. The number of fused-ring (bicyclic) bond motifs is 2. The van der Waals surface area contributed by atoms with E-state index in [9.17, 15) is 4.79 Å². The van der Waals surface area contributed by atoms with Gasteiger partial charge in [0.1, 0.15) is 13.2 Å². The van der Waals surface area contributed by atoms with Crippen LogP contribution >= 0.6 is 0 Å². The van der Waals surface area contributed by atoms with Crippen LogP contribution in [0.2, 0.25) is 0 Å². The number of hydrogen-bond acceptors (Lipinski definition) is 6. The van der Waals surface area contributed by atoms with Crippen LogP contribution < -0.4 is 24.3 Å². The molecule has 0 aromatic heterocycles. The molecule has 1 N–H and O–H groups in total. The number of likely N-dealkylation sites (tertiary alicyclic amines) is 1. The zero-order valence-corrected chi connectivity index (χ0v) is 15.5. The maximum atomic E-state index is 12.6. The minimum atomic E-state index is -0.0386. The molecule has 7 nitrogen and oxygen atoms in total. The van der Waals surface area contributed by atoms with Crippen molar-refractivity contribution in [1.82, 2.24) is 4.90 Å². The standard InChI is InChI=1S/C21H22N2O5/c24-21(22-15-4-6-18-20(11-15)28-13-27-18)12-23-7-1-2-16(23)14-3-5-17-19(10-14)26-9-8-25-17/h3-6,10-11,16H,1-2,7-9,12-13H2,(H,22,24)/t16-/m1/s1. The first kappa shape index (κ1) is 17.2. The van der Waals surface area contributed by atoms with Crippen molar-refractivity contribution >= 4 is 11.6 Å². The fraction of sp³-hybridized carbons (Fsp3) is 0.381. The van der Waals surface area contributed by atoms with E-state index >= 15 is 0 Å². The Kier molecular flexibility index (Phi) is 4.44. The van der Waals surface area contributed by atoms with Crippen LogP contribution in [0.3, 0.4) is 0 Å². The Morgan fingerprint density at radius 1 is 0.964 bits per heavy atom. The summed E-state index contributed by atoms with van der Waals surface area (Å²) in [6, 6.07) is 11.7. The molecule has 0 spiro atoms. The topological polar surface area (TPSA) is 69.3 Å². The van der Waals surface area contributed by atoms with Gasteiger partial charge in [0.15, 0.2) is 23.0 Å². The van der Waals surface area contributed by atoms with Crippen molar-refractivity contribution in [1.29, 1.82) is 0 Å². The van der Waals surface area contributed by atoms with Crippen LogP contribution in [0.5, 0.6) is 23.0 Å². The summed E-state index contributed by atoms with van der Waals surface area (Å²) in [7, 11) is 0. The number of benzene rings is 2. The number of amides is 1. The molecule has 7 heteroatoms. The molecule has 1 amide bonds. The van der Waals surface area contributed by atoms with Crippen molar-refractivity contribution in [2.75, 3.05) is 38.4 Å². The fourth-order valence-corrected chi connectivity index (χ4v) is 4.02. The first-order chi connectivity index (χ1) is 13.8. The summed E-state index contributed by atoms with van der Waals surface area (Å²) in [4.78, 5) is 14.8. The molecule has 1 fully saturated rings. The van der Waals surface area contributed by atoms with Crippen LogP contribution in [0, 0.1) is 0 Å². The molecule has 1 atom stereocenters. The van der Waals surface area contributed by atoms with Crippen molar-refractivity contribution in [3.63, 3.8) is 0 Å². The number of carbonyl (C=O) groups is 1. The molecule has 0 saturated carbocycles. The fourth-order valence-electron chi connectivity index (χ4n) is 4.02. The van der Waals surface area contributed by atoms with E-state index in [2.05, 4.69) is 16.3 Å². The zero-order valence-electron chi connectivity index (χ0n) is 15.5. The van der Waals surface area contributed by atoms with Crippen molar-refractivity contribution in [2.24, 2.45) is 0 Å². The van der Waals surface area contributed by atoms with Crippen LogP contribution in [-0.2, 0) is 4.79 Å². The number of rotatable bonds is 4. The molecule has 0 bridgehead atoms. The molecule has 3 aliphatic heterocycles. The maximum absolute atomic E-state index is 12.6. The molecule has 0 radical (unpaired) electrons. The molecule has 3 aliphatic rings. The predicted octanol–water partition coefficient (Wildman–Crippen LogP) is 2.96. The van der Waals surface area contributed by atoms with Crippen LogP contribution in [0.15, 0.2) is 36.4 Å². The summed E-state index contributed by atoms with van der Waals surface area (Å²) in [6.45, 7) is 2.61. The molecule has 146 valence electrons. The summed E-state index contributed by atoms with van der Waals surface area (Å²) >= 11 is 0. The van der Waals surface area contributed by atoms with Gasteiger partial charge in [0.2, 0.25) is 12.7 Å². The van der Waals surface area contributed by atoms with Gasteiger partial charge in [-0.3, -0.25) is 9.69 Å². The van der Waals surface area contributed by atoms with Crippen LogP contribution in [0.25, 0.3) is 0 Å². The Bertz CT molecular complexity index is 900. The number of nitrogens with zero attached hydrogens (tertiary/aromatic N) is 1. The Morgan fingerprint density at radius 3 is 2.64 bits per heavy atom. The summed E-state index contributed by atoms with van der Waals surface area (Å²) < 4.78 is 22.0. The van der Waals surface area contributed by atoms with Crippen molar-refractivity contribution < 1.29 is 23.7 Å². The average molecular weight is 382 g/mol. The van der Waals surface area contributed by atoms with Gasteiger partial charge in [-0.15, -0.1) is 0 Å². The van der Waals surface area contributed by atoms with Gasteiger partial charge < -0.3 is 24.3 Å². The highest BCUT2D eigenvalue weighted by atomic mass is 16.7. The molecule has 0 unspecified atom stereocenters. The van der Waals surface area contributed by atoms with Crippen molar-refractivity contribution in [3.8, 4) is 23.0 Å². The van der Waals surface area contributed by atoms with Crippen molar-refractivity contribution in [3.05, 3.63) is 42.0 Å². The highest BCUT2D eigenvalue weighted by Crippen LogP contribution is 2.38. The third-order valence-electron chi connectivity index (χ3n) is 5.32. The highest BCUT2D eigenvalue weighted by molar-refractivity contribution is 5.92. The summed E-state index contributed by atoms with van der Waals surface area (Å²) in [6.07, 6.45) is 2.09. The third kappa shape index (κ3) is 3.33. The lowest BCUT2D eigenvalue weighted by atomic mass is 10.0. The van der Waals surface area contributed by atoms with E-state index < -0.39 is 0 Å². The lowest BCUT2D eigenvalue weighted by Crippen LogP contribution is -2.33. The monoisotopic (exact) mass is 382 g/mol. The molecule has 28 heavy (non-hydrogen) atoms. The van der Waals surface area contributed by atoms with E-state index in [0.29, 0.717) is 36.9 Å². The summed E-state index contributed by atoms with van der Waals surface area (Å²) in [5.41, 5.74) is 1.88. The van der Waals surface area contributed by atoms with Gasteiger partial charge >= 0.3 is 0 Å². The third-order valence-corrected chi connectivity index (χ3v) is 5.32. The lowest BCUT2D eigenvalue weighted by Gasteiger charge is -2.26. The van der Waals surface area contributed by atoms with E-state index in [-0.39, 0.29) is 18.7 Å². The molecular weight excluding hydrogens is 360 g/mol. The van der Waals surface area contributed by atoms with E-state index in [1.54, 1.807) is 6.07 Å². The largest absolute Gasteiger partial charge is 0.486 e. The second-order valence-corrected chi connectivity index (χ2v) is 7.15. The number of carbonyl (C=O) groups excluding carboxylic acids is 1. The molecule has 3 heterocycles. The molecule has 5 rings (SSSR count). The Hall–Kier alpha value is -2.93. The minimum absolute atomic E-state index is 0.0386. The van der Waals surface area contributed by atoms with Crippen LogP contribution in [0.1, 0.15) is 24.4 Å². The Balaban J connectivity index is 1.26. The highest BCUT2D eigenvalue weighted by Gasteiger charge is 2.29. The van der Waals surface area contributed by atoms with Crippen LogP contribution in [-0.4, -0.2) is 43.9 Å². The predicted molar refractivity (Wildman–Crippen MR) is 102 cm³/mol. The van der Waals surface area contributed by atoms with Gasteiger partial charge in [0.05, 0.1) is 6.54 Å². The summed E-state index contributed by atoms with van der Waals surface area (Å²) in [5.74, 6) is 2.91. The summed E-state index contributed by atoms with van der Waals surface area (Å²) in [5, 5.41) is 2.96. The van der Waals surface area contributed by atoms with Gasteiger partial charge in [-0.2, -0.15) is 0 Å². The normalized spacial score (nSPS) is 20.2. The van der Waals surface area contributed by atoms with Gasteiger partial charge in [0, 0.05) is 17.8 Å². The first-order valence-corrected chi connectivity index (χ1v) is 9.59. The van der Waals surface area contributed by atoms with Gasteiger partial charge in [-0.25, -0.2) is 0 Å². The second-order valence-electron chi connectivity index (χ2n) is 7.15. The van der Waals surface area contributed by atoms with E-state index in [1.807, 2.05) is 24.3 Å². The first-order valence-electron chi connectivity index (χ1n) is 9.59. The molecule has 1 saturated heterocycles. The van der Waals surface area contributed by atoms with Gasteiger partial charge in [-0.1, -0.05) is 6.07 Å². The van der Waals surface area contributed by atoms with Gasteiger partial charge in [0.25, 0.3) is 0 Å². The SMILES string of the molecule is O=C(CN1CCC[C@@H]1c1ccc2c(c1)OCCO2)Nc1ccc2c(c1)OCO2. The number of anilines is 1. The zero-order chi connectivity index (χ0) is 18.9. The maximum Gasteiger partial charge on any atom is 0.238 e. The van der Waals surface area contributed by atoms with E-state index in [1.165, 1.54) is 0 Å². The smallest absolute Gasteiger partial charge is 0.238 e. The minimum Gasteiger partial charge on any atom is -0.486 e. The van der Waals surface area contributed by atoms with Crippen LogP contribution in [0.4, 0.5) is 5.69 Å².